The van der Waals surface area contributed by atoms with E-state index in [1.165, 1.54) is 5.56 Å². The van der Waals surface area contributed by atoms with Crippen molar-refractivity contribution >= 4 is 28.9 Å². The number of aromatic nitrogens is 1. The van der Waals surface area contributed by atoms with Crippen molar-refractivity contribution in [1.82, 2.24) is 9.88 Å². The van der Waals surface area contributed by atoms with Crippen LogP contribution >= 0.6 is 11.6 Å². The largest absolute Gasteiger partial charge is 0.492 e. The molecule has 1 N–H and O–H groups in total. The van der Waals surface area contributed by atoms with E-state index in [4.69, 9.17) is 16.3 Å². The molecular formula is C26H27ClN4O2. The summed E-state index contributed by atoms with van der Waals surface area (Å²) in [5.41, 5.74) is 3.70. The van der Waals surface area contributed by atoms with Gasteiger partial charge in [-0.05, 0) is 61.4 Å². The van der Waals surface area contributed by atoms with Crippen molar-refractivity contribution in [1.29, 1.82) is 0 Å². The van der Waals surface area contributed by atoms with Gasteiger partial charge in [0.15, 0.2) is 0 Å². The normalized spacial score (nSPS) is 17.1. The van der Waals surface area contributed by atoms with E-state index in [0.29, 0.717) is 18.2 Å². The molecule has 1 amide bonds. The van der Waals surface area contributed by atoms with Crippen LogP contribution in [-0.4, -0.2) is 48.1 Å². The van der Waals surface area contributed by atoms with Gasteiger partial charge in [0.2, 0.25) is 0 Å². The van der Waals surface area contributed by atoms with Crippen LogP contribution in [0.1, 0.15) is 28.8 Å². The highest BCUT2D eigenvalue weighted by atomic mass is 35.5. The van der Waals surface area contributed by atoms with E-state index in [1.807, 2.05) is 30.3 Å². The molecule has 33 heavy (non-hydrogen) atoms. The molecule has 0 radical (unpaired) electrons. The molecule has 0 atom stereocenters. The molecule has 5 rings (SSSR count). The maximum absolute atomic E-state index is 12.5. The van der Waals surface area contributed by atoms with E-state index in [9.17, 15) is 4.79 Å². The predicted octanol–water partition coefficient (Wildman–Crippen LogP) is 4.85. The molecule has 1 saturated heterocycles. The zero-order valence-electron chi connectivity index (χ0n) is 18.4. The third-order valence-electron chi connectivity index (χ3n) is 6.42. The summed E-state index contributed by atoms with van der Waals surface area (Å²) in [6, 6.07) is 17.9. The van der Waals surface area contributed by atoms with Gasteiger partial charge in [-0.2, -0.15) is 0 Å². The molecule has 6 nitrogen and oxygen atoms in total. The number of amides is 1. The summed E-state index contributed by atoms with van der Waals surface area (Å²) < 4.78 is 5.94. The molecule has 0 spiro atoms. The van der Waals surface area contributed by atoms with Crippen LogP contribution < -0.4 is 15.0 Å². The first-order valence-electron chi connectivity index (χ1n) is 11.4. The predicted molar refractivity (Wildman–Crippen MR) is 131 cm³/mol. The Morgan fingerprint density at radius 3 is 2.67 bits per heavy atom. The highest BCUT2D eigenvalue weighted by molar-refractivity contribution is 6.30. The highest BCUT2D eigenvalue weighted by Gasteiger charge is 2.27. The van der Waals surface area contributed by atoms with E-state index >= 15 is 0 Å². The second-order valence-corrected chi connectivity index (χ2v) is 8.97. The number of hydrogen-bond donors (Lipinski definition) is 1. The van der Waals surface area contributed by atoms with Gasteiger partial charge in [-0.15, -0.1) is 0 Å². The highest BCUT2D eigenvalue weighted by Crippen LogP contribution is 2.30. The van der Waals surface area contributed by atoms with Crippen LogP contribution in [0.4, 0.5) is 11.4 Å². The number of pyridine rings is 1. The molecule has 0 unspecified atom stereocenters. The van der Waals surface area contributed by atoms with Gasteiger partial charge in [-0.1, -0.05) is 17.7 Å². The third-order valence-corrected chi connectivity index (χ3v) is 6.66. The van der Waals surface area contributed by atoms with Crippen LogP contribution in [0.2, 0.25) is 5.02 Å². The fourth-order valence-corrected chi connectivity index (χ4v) is 4.87. The number of nitrogens with one attached hydrogen (secondary N) is 1. The Morgan fingerprint density at radius 1 is 1.03 bits per heavy atom. The van der Waals surface area contributed by atoms with E-state index in [1.54, 1.807) is 24.5 Å². The fourth-order valence-electron chi connectivity index (χ4n) is 4.67. The number of ether oxygens (including phenoxy) is 1. The number of fused-ring (bicyclic) bond motifs is 1. The summed E-state index contributed by atoms with van der Waals surface area (Å²) in [5, 5.41) is 3.75. The molecule has 0 saturated carbocycles. The van der Waals surface area contributed by atoms with Crippen LogP contribution in [-0.2, 0) is 6.54 Å². The monoisotopic (exact) mass is 462 g/mol. The molecule has 2 aromatic carbocycles. The van der Waals surface area contributed by atoms with Crippen molar-refractivity contribution in [2.45, 2.75) is 25.4 Å². The zero-order chi connectivity index (χ0) is 22.6. The van der Waals surface area contributed by atoms with Gasteiger partial charge in [-0.3, -0.25) is 14.7 Å². The van der Waals surface area contributed by atoms with Crippen molar-refractivity contribution in [2.24, 2.45) is 0 Å². The number of piperidine rings is 1. The lowest BCUT2D eigenvalue weighted by molar-refractivity contribution is 0.102. The van der Waals surface area contributed by atoms with Crippen molar-refractivity contribution in [3.8, 4) is 5.75 Å². The van der Waals surface area contributed by atoms with Gasteiger partial charge in [-0.25, -0.2) is 0 Å². The van der Waals surface area contributed by atoms with Gasteiger partial charge in [0.25, 0.3) is 5.91 Å². The van der Waals surface area contributed by atoms with Crippen LogP contribution in [0.3, 0.4) is 0 Å². The topological polar surface area (TPSA) is 57.7 Å². The van der Waals surface area contributed by atoms with Gasteiger partial charge in [0.1, 0.15) is 12.4 Å². The van der Waals surface area contributed by atoms with Crippen molar-refractivity contribution in [2.75, 3.05) is 36.5 Å². The molecule has 1 fully saturated rings. The van der Waals surface area contributed by atoms with Gasteiger partial charge in [0, 0.05) is 72.1 Å². The van der Waals surface area contributed by atoms with Gasteiger partial charge < -0.3 is 15.0 Å². The average molecular weight is 463 g/mol. The summed E-state index contributed by atoms with van der Waals surface area (Å²) in [5.74, 6) is 0.821. The Morgan fingerprint density at radius 2 is 1.85 bits per heavy atom. The number of halogens is 1. The van der Waals surface area contributed by atoms with E-state index in [2.05, 4.69) is 32.2 Å². The van der Waals surface area contributed by atoms with E-state index < -0.39 is 0 Å². The molecule has 7 heteroatoms. The Hall–Kier alpha value is -3.09. The molecule has 3 heterocycles. The SMILES string of the molecule is O=C(Nc1cccc(N2CCC(N3CCOc4ccc(Cl)cc4C3)CC2)c1)c1ccncc1. The maximum atomic E-state index is 12.5. The zero-order valence-corrected chi connectivity index (χ0v) is 19.2. The molecule has 170 valence electrons. The summed E-state index contributed by atoms with van der Waals surface area (Å²) in [6.07, 6.45) is 5.42. The molecule has 0 aliphatic carbocycles. The first kappa shape index (κ1) is 21.7. The van der Waals surface area contributed by atoms with Gasteiger partial charge >= 0.3 is 0 Å². The summed E-state index contributed by atoms with van der Waals surface area (Å²) in [6.45, 7) is 4.46. The number of hydrogen-bond acceptors (Lipinski definition) is 5. The minimum Gasteiger partial charge on any atom is -0.492 e. The number of benzene rings is 2. The number of carbonyl (C=O) groups is 1. The Kier molecular flexibility index (Phi) is 6.46. The molecule has 3 aromatic rings. The molecule has 2 aliphatic rings. The Bertz CT molecular complexity index is 1120. The summed E-state index contributed by atoms with van der Waals surface area (Å²) >= 11 is 6.22. The van der Waals surface area contributed by atoms with Crippen LogP contribution in [0.25, 0.3) is 0 Å². The lowest BCUT2D eigenvalue weighted by atomic mass is 10.0. The molecule has 0 bridgehead atoms. The molecular weight excluding hydrogens is 436 g/mol. The number of anilines is 2. The quantitative estimate of drug-likeness (QED) is 0.600. The van der Waals surface area contributed by atoms with Crippen LogP contribution in [0.15, 0.2) is 67.0 Å². The van der Waals surface area contributed by atoms with Crippen molar-refractivity contribution < 1.29 is 9.53 Å². The average Bonchev–Trinajstić information content (AvgIpc) is 3.07. The lowest BCUT2D eigenvalue weighted by Crippen LogP contribution is -2.45. The minimum absolute atomic E-state index is 0.128. The first-order valence-corrected chi connectivity index (χ1v) is 11.8. The number of rotatable bonds is 4. The lowest BCUT2D eigenvalue weighted by Gasteiger charge is -2.39. The second-order valence-electron chi connectivity index (χ2n) is 8.53. The Labute approximate surface area is 199 Å². The van der Waals surface area contributed by atoms with E-state index in [-0.39, 0.29) is 5.91 Å². The summed E-state index contributed by atoms with van der Waals surface area (Å²) in [4.78, 5) is 21.4. The third kappa shape index (κ3) is 5.13. The maximum Gasteiger partial charge on any atom is 0.255 e. The van der Waals surface area contributed by atoms with Gasteiger partial charge in [0.05, 0.1) is 0 Å². The first-order chi connectivity index (χ1) is 16.2. The van der Waals surface area contributed by atoms with Crippen molar-refractivity contribution in [3.05, 3.63) is 83.1 Å². The molecule has 1 aromatic heterocycles. The second kappa shape index (κ2) is 9.81. The number of carbonyl (C=O) groups excluding carboxylic acids is 1. The van der Waals surface area contributed by atoms with Crippen LogP contribution in [0, 0.1) is 0 Å². The van der Waals surface area contributed by atoms with E-state index in [0.717, 1.165) is 61.2 Å². The Balaban J connectivity index is 1.21. The fraction of sp³-hybridized carbons (Fsp3) is 0.308. The minimum atomic E-state index is -0.128. The summed E-state index contributed by atoms with van der Waals surface area (Å²) in [7, 11) is 0. The number of nitrogens with zero attached hydrogens (tertiary/aromatic N) is 3. The van der Waals surface area contributed by atoms with Crippen LogP contribution in [0.5, 0.6) is 5.75 Å². The van der Waals surface area contributed by atoms with Crippen molar-refractivity contribution in [3.63, 3.8) is 0 Å². The smallest absolute Gasteiger partial charge is 0.255 e. The standard InChI is InChI=1S/C26H27ClN4O2/c27-21-4-5-25-20(16-21)18-31(14-15-33-25)23-8-12-30(13-9-23)24-3-1-2-22(17-24)29-26(32)19-6-10-28-11-7-19/h1-7,10-11,16-17,23H,8-9,12-15,18H2,(H,29,32). The molecule has 2 aliphatic heterocycles.